The molecule has 1 aliphatic carbocycles. The van der Waals surface area contributed by atoms with Gasteiger partial charge in [-0.1, -0.05) is 19.3 Å². The summed E-state index contributed by atoms with van der Waals surface area (Å²) in [6.07, 6.45) is 5.73. The number of carbonyl (C=O) groups is 2. The van der Waals surface area contributed by atoms with E-state index in [1.165, 1.54) is 19.3 Å². The zero-order chi connectivity index (χ0) is 15.8. The first-order chi connectivity index (χ1) is 10.7. The SMILES string of the molecule is CCOC(=O)c1ccc(OCC(=O)NC2CCCCC2)cc1. The summed E-state index contributed by atoms with van der Waals surface area (Å²) in [7, 11) is 0. The predicted octanol–water partition coefficient (Wildman–Crippen LogP) is 2.69. The van der Waals surface area contributed by atoms with Crippen LogP contribution in [-0.4, -0.2) is 31.1 Å². The fourth-order valence-corrected chi connectivity index (χ4v) is 2.57. The van der Waals surface area contributed by atoms with E-state index in [2.05, 4.69) is 5.32 Å². The van der Waals surface area contributed by atoms with Crippen molar-refractivity contribution in [3.05, 3.63) is 29.8 Å². The highest BCUT2D eigenvalue weighted by molar-refractivity contribution is 5.89. The highest BCUT2D eigenvalue weighted by Crippen LogP contribution is 2.17. The first-order valence-electron chi connectivity index (χ1n) is 7.88. The van der Waals surface area contributed by atoms with E-state index in [1.54, 1.807) is 31.2 Å². The molecule has 2 rings (SSSR count). The fraction of sp³-hybridized carbons (Fsp3) is 0.529. The zero-order valence-electron chi connectivity index (χ0n) is 13.0. The van der Waals surface area contributed by atoms with Crippen molar-refractivity contribution in [1.82, 2.24) is 5.32 Å². The number of nitrogens with one attached hydrogen (secondary N) is 1. The molecule has 1 saturated carbocycles. The Balaban J connectivity index is 1.76. The second-order valence-corrected chi connectivity index (χ2v) is 5.44. The summed E-state index contributed by atoms with van der Waals surface area (Å²) in [5, 5.41) is 3.00. The van der Waals surface area contributed by atoms with Crippen LogP contribution in [0.25, 0.3) is 0 Å². The molecule has 0 saturated heterocycles. The highest BCUT2D eigenvalue weighted by Gasteiger charge is 2.15. The van der Waals surface area contributed by atoms with Gasteiger partial charge in [0.15, 0.2) is 6.61 Å². The summed E-state index contributed by atoms with van der Waals surface area (Å²) in [5.74, 6) is 0.109. The standard InChI is InChI=1S/C17H23NO4/c1-2-21-17(20)13-8-10-15(11-9-13)22-12-16(19)18-14-6-4-3-5-7-14/h8-11,14H,2-7,12H2,1H3,(H,18,19). The predicted molar refractivity (Wildman–Crippen MR) is 82.9 cm³/mol. The third kappa shape index (κ3) is 5.06. The van der Waals surface area contributed by atoms with E-state index in [4.69, 9.17) is 9.47 Å². The summed E-state index contributed by atoms with van der Waals surface area (Å²) in [4.78, 5) is 23.4. The molecular formula is C17H23NO4. The lowest BCUT2D eigenvalue weighted by molar-refractivity contribution is -0.124. The monoisotopic (exact) mass is 305 g/mol. The molecule has 1 aromatic carbocycles. The molecular weight excluding hydrogens is 282 g/mol. The molecule has 0 spiro atoms. The minimum atomic E-state index is -0.357. The van der Waals surface area contributed by atoms with Gasteiger partial charge in [-0.25, -0.2) is 4.79 Å². The number of amides is 1. The molecule has 0 unspecified atom stereocenters. The number of esters is 1. The average Bonchev–Trinajstić information content (AvgIpc) is 2.54. The van der Waals surface area contributed by atoms with E-state index in [0.717, 1.165) is 12.8 Å². The van der Waals surface area contributed by atoms with Crippen LogP contribution >= 0.6 is 0 Å². The number of carbonyl (C=O) groups excluding carboxylic acids is 2. The first-order valence-corrected chi connectivity index (χ1v) is 7.88. The van der Waals surface area contributed by atoms with E-state index < -0.39 is 0 Å². The Morgan fingerprint density at radius 1 is 1.14 bits per heavy atom. The van der Waals surface area contributed by atoms with Crippen LogP contribution in [0.3, 0.4) is 0 Å². The molecule has 1 aromatic rings. The molecule has 0 aromatic heterocycles. The molecule has 0 atom stereocenters. The molecule has 0 heterocycles. The van der Waals surface area contributed by atoms with Crippen molar-refractivity contribution in [2.45, 2.75) is 45.1 Å². The minimum absolute atomic E-state index is 0.00471. The summed E-state index contributed by atoms with van der Waals surface area (Å²) >= 11 is 0. The minimum Gasteiger partial charge on any atom is -0.484 e. The molecule has 5 nitrogen and oxygen atoms in total. The van der Waals surface area contributed by atoms with Gasteiger partial charge in [0.2, 0.25) is 0 Å². The van der Waals surface area contributed by atoms with Crippen LogP contribution in [0.4, 0.5) is 0 Å². The molecule has 5 heteroatoms. The van der Waals surface area contributed by atoms with Gasteiger partial charge in [0, 0.05) is 6.04 Å². The van der Waals surface area contributed by atoms with Crippen molar-refractivity contribution in [2.75, 3.05) is 13.2 Å². The van der Waals surface area contributed by atoms with E-state index in [0.29, 0.717) is 17.9 Å². The van der Waals surface area contributed by atoms with E-state index >= 15 is 0 Å². The van der Waals surface area contributed by atoms with Crippen LogP contribution in [-0.2, 0) is 9.53 Å². The average molecular weight is 305 g/mol. The summed E-state index contributed by atoms with van der Waals surface area (Å²) in [5.41, 5.74) is 0.473. The van der Waals surface area contributed by atoms with Gasteiger partial charge in [-0.2, -0.15) is 0 Å². The Kier molecular flexibility index (Phi) is 6.25. The van der Waals surface area contributed by atoms with Crippen molar-refractivity contribution < 1.29 is 19.1 Å². The van der Waals surface area contributed by atoms with Gasteiger partial charge in [-0.3, -0.25) is 4.79 Å². The number of rotatable bonds is 6. The maximum absolute atomic E-state index is 11.8. The quantitative estimate of drug-likeness (QED) is 0.821. The maximum Gasteiger partial charge on any atom is 0.338 e. The smallest absolute Gasteiger partial charge is 0.338 e. The molecule has 22 heavy (non-hydrogen) atoms. The third-order valence-corrected chi connectivity index (χ3v) is 3.71. The number of ether oxygens (including phenoxy) is 2. The van der Waals surface area contributed by atoms with Crippen LogP contribution in [0.5, 0.6) is 5.75 Å². The van der Waals surface area contributed by atoms with Crippen molar-refractivity contribution in [2.24, 2.45) is 0 Å². The van der Waals surface area contributed by atoms with Crippen LogP contribution in [0.2, 0.25) is 0 Å². The van der Waals surface area contributed by atoms with Crippen LogP contribution in [0.15, 0.2) is 24.3 Å². The number of benzene rings is 1. The van der Waals surface area contributed by atoms with Gasteiger partial charge in [-0.15, -0.1) is 0 Å². The lowest BCUT2D eigenvalue weighted by Gasteiger charge is -2.22. The van der Waals surface area contributed by atoms with Crippen molar-refractivity contribution in [1.29, 1.82) is 0 Å². The second-order valence-electron chi connectivity index (χ2n) is 5.44. The Morgan fingerprint density at radius 3 is 2.45 bits per heavy atom. The highest BCUT2D eigenvalue weighted by atomic mass is 16.5. The molecule has 120 valence electrons. The van der Waals surface area contributed by atoms with E-state index in [-0.39, 0.29) is 24.5 Å². The summed E-state index contributed by atoms with van der Waals surface area (Å²) < 4.78 is 10.3. The second kappa shape index (κ2) is 8.41. The maximum atomic E-state index is 11.8. The molecule has 1 N–H and O–H groups in total. The molecule has 1 fully saturated rings. The molecule has 1 aliphatic rings. The number of hydrogen-bond donors (Lipinski definition) is 1. The van der Waals surface area contributed by atoms with Crippen molar-refractivity contribution >= 4 is 11.9 Å². The topological polar surface area (TPSA) is 64.6 Å². The van der Waals surface area contributed by atoms with Crippen LogP contribution < -0.4 is 10.1 Å². The fourth-order valence-electron chi connectivity index (χ4n) is 2.57. The van der Waals surface area contributed by atoms with Crippen molar-refractivity contribution in [3.63, 3.8) is 0 Å². The van der Waals surface area contributed by atoms with Gasteiger partial charge in [0.25, 0.3) is 5.91 Å². The molecule has 0 radical (unpaired) electrons. The Bertz CT molecular complexity index is 492. The third-order valence-electron chi connectivity index (χ3n) is 3.71. The van der Waals surface area contributed by atoms with Gasteiger partial charge in [0.05, 0.1) is 12.2 Å². The lowest BCUT2D eigenvalue weighted by atomic mass is 9.95. The molecule has 1 amide bonds. The Hall–Kier alpha value is -2.04. The van der Waals surface area contributed by atoms with Gasteiger partial charge < -0.3 is 14.8 Å². The Morgan fingerprint density at radius 2 is 1.82 bits per heavy atom. The largest absolute Gasteiger partial charge is 0.484 e. The summed E-state index contributed by atoms with van der Waals surface area (Å²) in [6, 6.07) is 6.88. The zero-order valence-corrected chi connectivity index (χ0v) is 13.0. The van der Waals surface area contributed by atoms with Gasteiger partial charge in [0.1, 0.15) is 5.75 Å². The summed E-state index contributed by atoms with van der Waals surface area (Å²) in [6.45, 7) is 2.11. The molecule has 0 bridgehead atoms. The van der Waals surface area contributed by atoms with Crippen LogP contribution in [0, 0.1) is 0 Å². The van der Waals surface area contributed by atoms with E-state index in [1.807, 2.05) is 0 Å². The normalized spacial score (nSPS) is 15.1. The van der Waals surface area contributed by atoms with Crippen molar-refractivity contribution in [3.8, 4) is 5.75 Å². The number of hydrogen-bond acceptors (Lipinski definition) is 4. The first kappa shape index (κ1) is 16.3. The Labute approximate surface area is 131 Å². The van der Waals surface area contributed by atoms with Gasteiger partial charge in [-0.05, 0) is 44.0 Å². The van der Waals surface area contributed by atoms with Crippen LogP contribution in [0.1, 0.15) is 49.4 Å². The van der Waals surface area contributed by atoms with E-state index in [9.17, 15) is 9.59 Å². The lowest BCUT2D eigenvalue weighted by Crippen LogP contribution is -2.38. The van der Waals surface area contributed by atoms with Gasteiger partial charge >= 0.3 is 5.97 Å². The molecule has 0 aliphatic heterocycles.